The molecule has 1 aliphatic rings. The molecule has 0 aromatic heterocycles. The summed E-state index contributed by atoms with van der Waals surface area (Å²) in [6, 6.07) is 8.24. The molecule has 1 unspecified atom stereocenters. The lowest BCUT2D eigenvalue weighted by atomic mass is 10.2. The first-order chi connectivity index (χ1) is 8.28. The molecule has 4 heteroatoms. The Bertz CT molecular complexity index is 342. The predicted molar refractivity (Wildman–Crippen MR) is 74.5 cm³/mol. The molecule has 0 amide bonds. The van der Waals surface area contributed by atoms with Gasteiger partial charge in [0.1, 0.15) is 0 Å². The van der Waals surface area contributed by atoms with Gasteiger partial charge in [0.2, 0.25) is 0 Å². The van der Waals surface area contributed by atoms with E-state index in [0.717, 1.165) is 42.9 Å². The molecule has 0 radical (unpaired) electrons. The molecule has 1 aliphatic heterocycles. The summed E-state index contributed by atoms with van der Waals surface area (Å²) in [7, 11) is 0. The van der Waals surface area contributed by atoms with Gasteiger partial charge in [-0.1, -0.05) is 22.9 Å². The Morgan fingerprint density at radius 3 is 2.88 bits per heavy atom. The lowest BCUT2D eigenvalue weighted by molar-refractivity contribution is -0.0191. The molecule has 1 saturated heterocycles. The minimum absolute atomic E-state index is 0.298. The van der Waals surface area contributed by atoms with Crippen molar-refractivity contribution in [2.45, 2.75) is 13.0 Å². The Labute approximate surface area is 111 Å². The largest absolute Gasteiger partial charge is 0.382 e. The summed E-state index contributed by atoms with van der Waals surface area (Å²) in [5.41, 5.74) is 1.14. The summed E-state index contributed by atoms with van der Waals surface area (Å²) in [5.74, 6) is 0. The number of morpholine rings is 1. The van der Waals surface area contributed by atoms with Crippen molar-refractivity contribution in [3.8, 4) is 0 Å². The van der Waals surface area contributed by atoms with E-state index >= 15 is 0 Å². The van der Waals surface area contributed by atoms with E-state index in [1.807, 2.05) is 12.1 Å². The van der Waals surface area contributed by atoms with Crippen LogP contribution in [0.5, 0.6) is 0 Å². The highest BCUT2D eigenvalue weighted by atomic mass is 79.9. The third-order valence-electron chi connectivity index (χ3n) is 3.05. The molecule has 1 N–H and O–H groups in total. The molecule has 17 heavy (non-hydrogen) atoms. The highest BCUT2D eigenvalue weighted by molar-refractivity contribution is 9.10. The molecule has 1 aromatic carbocycles. The van der Waals surface area contributed by atoms with Gasteiger partial charge in [-0.25, -0.2) is 0 Å². The second-order valence-corrected chi connectivity index (χ2v) is 5.19. The van der Waals surface area contributed by atoms with Crippen LogP contribution in [0.25, 0.3) is 0 Å². The first-order valence-corrected chi connectivity index (χ1v) is 6.90. The van der Waals surface area contributed by atoms with Crippen molar-refractivity contribution in [1.29, 1.82) is 0 Å². The highest BCUT2D eigenvalue weighted by Gasteiger charge is 2.18. The molecule has 1 aromatic rings. The summed E-state index contributed by atoms with van der Waals surface area (Å²) < 4.78 is 6.85. The average molecular weight is 299 g/mol. The van der Waals surface area contributed by atoms with E-state index in [0.29, 0.717) is 6.10 Å². The minimum Gasteiger partial charge on any atom is -0.382 e. The highest BCUT2D eigenvalue weighted by Crippen LogP contribution is 2.14. The molecule has 94 valence electrons. The Balaban J connectivity index is 1.79. The van der Waals surface area contributed by atoms with Crippen LogP contribution < -0.4 is 5.32 Å². The quantitative estimate of drug-likeness (QED) is 0.925. The van der Waals surface area contributed by atoms with E-state index < -0.39 is 0 Å². The number of halogens is 1. The Kier molecular flexibility index (Phi) is 4.83. The van der Waals surface area contributed by atoms with E-state index in [1.54, 1.807) is 0 Å². The average Bonchev–Trinajstić information content (AvgIpc) is 2.38. The molecule has 0 bridgehead atoms. The summed E-state index contributed by atoms with van der Waals surface area (Å²) in [6.45, 7) is 7.12. The number of hydrogen-bond acceptors (Lipinski definition) is 3. The van der Waals surface area contributed by atoms with E-state index in [-0.39, 0.29) is 0 Å². The summed E-state index contributed by atoms with van der Waals surface area (Å²) in [5, 5.41) is 3.41. The monoisotopic (exact) mass is 298 g/mol. The van der Waals surface area contributed by atoms with Gasteiger partial charge < -0.3 is 10.1 Å². The predicted octanol–water partition coefficient (Wildman–Crippen LogP) is 2.58. The molecule has 0 spiro atoms. The zero-order valence-corrected chi connectivity index (χ0v) is 11.7. The van der Waals surface area contributed by atoms with Crippen LogP contribution in [-0.2, 0) is 4.74 Å². The number of benzene rings is 1. The lowest BCUT2D eigenvalue weighted by Crippen LogP contribution is -2.45. The Hall–Kier alpha value is -0.580. The Morgan fingerprint density at radius 1 is 1.41 bits per heavy atom. The number of anilines is 1. The van der Waals surface area contributed by atoms with Crippen LogP contribution in [0, 0.1) is 0 Å². The van der Waals surface area contributed by atoms with Gasteiger partial charge in [-0.15, -0.1) is 0 Å². The maximum atomic E-state index is 5.74. The van der Waals surface area contributed by atoms with Crippen molar-refractivity contribution in [3.63, 3.8) is 0 Å². The zero-order valence-electron chi connectivity index (χ0n) is 10.2. The first kappa shape index (κ1) is 12.9. The fraction of sp³-hybridized carbons (Fsp3) is 0.538. The number of rotatable bonds is 4. The molecule has 1 atom stereocenters. The zero-order chi connectivity index (χ0) is 12.1. The summed E-state index contributed by atoms with van der Waals surface area (Å²) >= 11 is 3.43. The molecule has 2 rings (SSSR count). The van der Waals surface area contributed by atoms with E-state index in [4.69, 9.17) is 4.74 Å². The number of nitrogens with one attached hydrogen (secondary N) is 1. The van der Waals surface area contributed by atoms with Crippen LogP contribution >= 0.6 is 15.9 Å². The SMILES string of the molecule is CCN1CCOC(CNc2ccc(Br)cc2)C1. The van der Waals surface area contributed by atoms with Gasteiger partial charge in [-0.3, -0.25) is 4.90 Å². The van der Waals surface area contributed by atoms with Crippen LogP contribution in [0.3, 0.4) is 0 Å². The smallest absolute Gasteiger partial charge is 0.0874 e. The molecule has 1 fully saturated rings. The normalized spacial score (nSPS) is 21.4. The van der Waals surface area contributed by atoms with E-state index in [2.05, 4.69) is 45.2 Å². The van der Waals surface area contributed by atoms with Crippen LogP contribution in [0.15, 0.2) is 28.7 Å². The van der Waals surface area contributed by atoms with E-state index in [9.17, 15) is 0 Å². The lowest BCUT2D eigenvalue weighted by Gasteiger charge is -2.32. The number of likely N-dealkylation sites (N-methyl/N-ethyl adjacent to an activating group) is 1. The van der Waals surface area contributed by atoms with Crippen molar-refractivity contribution >= 4 is 21.6 Å². The van der Waals surface area contributed by atoms with Crippen molar-refractivity contribution in [3.05, 3.63) is 28.7 Å². The van der Waals surface area contributed by atoms with Crippen molar-refractivity contribution in [2.75, 3.05) is 38.1 Å². The number of ether oxygens (including phenoxy) is 1. The standard InChI is InChI=1S/C13H19BrN2O/c1-2-16-7-8-17-13(10-16)9-15-12-5-3-11(14)4-6-12/h3-6,13,15H,2,7-10H2,1H3. The fourth-order valence-corrected chi connectivity index (χ4v) is 2.25. The maximum Gasteiger partial charge on any atom is 0.0874 e. The van der Waals surface area contributed by atoms with Crippen LogP contribution in [0.2, 0.25) is 0 Å². The second kappa shape index (κ2) is 6.38. The van der Waals surface area contributed by atoms with Crippen LogP contribution in [0.4, 0.5) is 5.69 Å². The fourth-order valence-electron chi connectivity index (χ4n) is 1.99. The van der Waals surface area contributed by atoms with Crippen LogP contribution in [0.1, 0.15) is 6.92 Å². The molecule has 3 nitrogen and oxygen atoms in total. The van der Waals surface area contributed by atoms with Gasteiger partial charge in [0, 0.05) is 29.8 Å². The third-order valence-corrected chi connectivity index (χ3v) is 3.58. The molecular weight excluding hydrogens is 280 g/mol. The number of nitrogens with zero attached hydrogens (tertiary/aromatic N) is 1. The summed E-state index contributed by atoms with van der Waals surface area (Å²) in [4.78, 5) is 2.43. The van der Waals surface area contributed by atoms with Gasteiger partial charge in [-0.2, -0.15) is 0 Å². The first-order valence-electron chi connectivity index (χ1n) is 6.11. The topological polar surface area (TPSA) is 24.5 Å². The molecular formula is C13H19BrN2O. The maximum absolute atomic E-state index is 5.74. The van der Waals surface area contributed by atoms with Gasteiger partial charge in [-0.05, 0) is 30.8 Å². The molecule has 0 saturated carbocycles. The van der Waals surface area contributed by atoms with Crippen molar-refractivity contribution in [1.82, 2.24) is 4.90 Å². The Morgan fingerprint density at radius 2 is 2.18 bits per heavy atom. The minimum atomic E-state index is 0.298. The van der Waals surface area contributed by atoms with Crippen LogP contribution in [-0.4, -0.2) is 43.8 Å². The van der Waals surface area contributed by atoms with Crippen molar-refractivity contribution < 1.29 is 4.74 Å². The van der Waals surface area contributed by atoms with Gasteiger partial charge >= 0.3 is 0 Å². The van der Waals surface area contributed by atoms with E-state index in [1.165, 1.54) is 0 Å². The molecule has 1 heterocycles. The number of hydrogen-bond donors (Lipinski definition) is 1. The molecule has 0 aliphatic carbocycles. The summed E-state index contributed by atoms with van der Waals surface area (Å²) in [6.07, 6.45) is 0.298. The van der Waals surface area contributed by atoms with Gasteiger partial charge in [0.15, 0.2) is 0 Å². The second-order valence-electron chi connectivity index (χ2n) is 4.27. The van der Waals surface area contributed by atoms with Gasteiger partial charge in [0.05, 0.1) is 12.7 Å². The van der Waals surface area contributed by atoms with Crippen molar-refractivity contribution in [2.24, 2.45) is 0 Å². The van der Waals surface area contributed by atoms with Gasteiger partial charge in [0.25, 0.3) is 0 Å². The third kappa shape index (κ3) is 3.98.